The molecule has 0 amide bonds. The van der Waals surface area contributed by atoms with Crippen LogP contribution in [0.3, 0.4) is 0 Å². The number of carboxylic acid groups (broad SMARTS) is 1. The molecule has 1 aliphatic carbocycles. The van der Waals surface area contributed by atoms with E-state index in [1.54, 1.807) is 7.11 Å². The van der Waals surface area contributed by atoms with Gasteiger partial charge in [-0.1, -0.05) is 6.07 Å². The lowest BCUT2D eigenvalue weighted by Crippen LogP contribution is -2.14. The first kappa shape index (κ1) is 12.9. The van der Waals surface area contributed by atoms with Gasteiger partial charge in [0.2, 0.25) is 0 Å². The number of hydrogen-bond acceptors (Lipinski definition) is 3. The van der Waals surface area contributed by atoms with Crippen LogP contribution in [0.15, 0.2) is 12.1 Å². The van der Waals surface area contributed by atoms with Crippen LogP contribution >= 0.6 is 0 Å². The molecule has 4 heteroatoms. The standard InChI is InChI=1S/C14H19NO3/c1-18-13-8-10-4-2-3-9(10)7-11(13)12(15)5-6-14(16)17/h7-8,12H,2-6,15H2,1H3,(H,16,17). The number of hydrogen-bond donors (Lipinski definition) is 2. The molecule has 0 aromatic heterocycles. The van der Waals surface area contributed by atoms with Crippen LogP contribution in [-0.2, 0) is 17.6 Å². The number of benzene rings is 1. The zero-order valence-electron chi connectivity index (χ0n) is 10.6. The number of carbonyl (C=O) groups is 1. The zero-order chi connectivity index (χ0) is 13.1. The third kappa shape index (κ3) is 2.64. The Hall–Kier alpha value is -1.55. The highest BCUT2D eigenvalue weighted by atomic mass is 16.5. The molecule has 1 aromatic rings. The highest BCUT2D eigenvalue weighted by Crippen LogP contribution is 2.33. The quantitative estimate of drug-likeness (QED) is 0.837. The Bertz CT molecular complexity index is 457. The number of carboxylic acids is 1. The van der Waals surface area contributed by atoms with E-state index >= 15 is 0 Å². The van der Waals surface area contributed by atoms with Crippen molar-refractivity contribution in [1.29, 1.82) is 0 Å². The first-order chi connectivity index (χ1) is 8.61. The zero-order valence-corrected chi connectivity index (χ0v) is 10.6. The fraction of sp³-hybridized carbons (Fsp3) is 0.500. The minimum absolute atomic E-state index is 0.0847. The molecule has 98 valence electrons. The summed E-state index contributed by atoms with van der Waals surface area (Å²) in [6, 6.07) is 3.87. The molecule has 0 saturated heterocycles. The van der Waals surface area contributed by atoms with E-state index in [2.05, 4.69) is 12.1 Å². The van der Waals surface area contributed by atoms with Crippen LogP contribution in [0.25, 0.3) is 0 Å². The summed E-state index contributed by atoms with van der Waals surface area (Å²) in [6.07, 6.45) is 3.87. The van der Waals surface area contributed by atoms with Gasteiger partial charge in [-0.15, -0.1) is 0 Å². The smallest absolute Gasteiger partial charge is 0.303 e. The summed E-state index contributed by atoms with van der Waals surface area (Å²) >= 11 is 0. The lowest BCUT2D eigenvalue weighted by molar-refractivity contribution is -0.137. The molecule has 1 atom stereocenters. The van der Waals surface area contributed by atoms with Gasteiger partial charge in [0.25, 0.3) is 0 Å². The van der Waals surface area contributed by atoms with Crippen molar-refractivity contribution in [2.45, 2.75) is 38.1 Å². The Labute approximate surface area is 107 Å². The number of fused-ring (bicyclic) bond motifs is 1. The molecule has 0 radical (unpaired) electrons. The fourth-order valence-electron chi connectivity index (χ4n) is 2.52. The van der Waals surface area contributed by atoms with Crippen molar-refractivity contribution in [2.75, 3.05) is 7.11 Å². The number of methoxy groups -OCH3 is 1. The van der Waals surface area contributed by atoms with Gasteiger partial charge < -0.3 is 15.6 Å². The Balaban J connectivity index is 2.23. The van der Waals surface area contributed by atoms with Crippen LogP contribution in [0.4, 0.5) is 0 Å². The van der Waals surface area contributed by atoms with Gasteiger partial charge in [0.05, 0.1) is 7.11 Å². The van der Waals surface area contributed by atoms with Gasteiger partial charge in [0, 0.05) is 18.0 Å². The summed E-state index contributed by atoms with van der Waals surface area (Å²) in [5.41, 5.74) is 9.66. The van der Waals surface area contributed by atoms with Gasteiger partial charge in [0.1, 0.15) is 5.75 Å². The van der Waals surface area contributed by atoms with Crippen molar-refractivity contribution in [2.24, 2.45) is 5.73 Å². The van der Waals surface area contributed by atoms with E-state index in [4.69, 9.17) is 15.6 Å². The molecule has 2 rings (SSSR count). The number of rotatable bonds is 5. The van der Waals surface area contributed by atoms with E-state index in [9.17, 15) is 4.79 Å². The normalized spacial score (nSPS) is 15.2. The third-order valence-corrected chi connectivity index (χ3v) is 3.51. The van der Waals surface area contributed by atoms with E-state index < -0.39 is 5.97 Å². The molecule has 0 fully saturated rings. The summed E-state index contributed by atoms with van der Waals surface area (Å²) in [4.78, 5) is 10.6. The van der Waals surface area contributed by atoms with Crippen LogP contribution in [0, 0.1) is 0 Å². The fourth-order valence-corrected chi connectivity index (χ4v) is 2.52. The van der Waals surface area contributed by atoms with Crippen LogP contribution in [-0.4, -0.2) is 18.2 Å². The molecule has 0 heterocycles. The number of aliphatic carboxylic acids is 1. The maximum Gasteiger partial charge on any atom is 0.303 e. The summed E-state index contributed by atoms with van der Waals surface area (Å²) in [5, 5.41) is 8.70. The molecule has 0 saturated carbocycles. The Morgan fingerprint density at radius 1 is 1.44 bits per heavy atom. The van der Waals surface area contributed by atoms with Gasteiger partial charge in [-0.05, 0) is 42.9 Å². The summed E-state index contributed by atoms with van der Waals surface area (Å²) in [7, 11) is 1.63. The molecule has 0 spiro atoms. The van der Waals surface area contributed by atoms with E-state index in [-0.39, 0.29) is 12.5 Å². The molecule has 0 aliphatic heterocycles. The molecule has 1 unspecified atom stereocenters. The predicted molar refractivity (Wildman–Crippen MR) is 68.8 cm³/mol. The largest absolute Gasteiger partial charge is 0.496 e. The SMILES string of the molecule is COc1cc2c(cc1C(N)CCC(=O)O)CCC2. The van der Waals surface area contributed by atoms with Crippen molar-refractivity contribution in [3.05, 3.63) is 28.8 Å². The van der Waals surface area contributed by atoms with Crippen molar-refractivity contribution in [3.63, 3.8) is 0 Å². The minimum Gasteiger partial charge on any atom is -0.496 e. The van der Waals surface area contributed by atoms with Crippen molar-refractivity contribution in [3.8, 4) is 5.75 Å². The lowest BCUT2D eigenvalue weighted by atomic mass is 9.97. The molecule has 0 bridgehead atoms. The number of aryl methyl sites for hydroxylation is 2. The number of nitrogens with two attached hydrogens (primary N) is 1. The van der Waals surface area contributed by atoms with Crippen LogP contribution < -0.4 is 10.5 Å². The second-order valence-corrected chi connectivity index (χ2v) is 4.76. The molecule has 4 nitrogen and oxygen atoms in total. The second kappa shape index (κ2) is 5.40. The van der Waals surface area contributed by atoms with Gasteiger partial charge in [-0.2, -0.15) is 0 Å². The van der Waals surface area contributed by atoms with Crippen LogP contribution in [0.2, 0.25) is 0 Å². The monoisotopic (exact) mass is 249 g/mol. The topological polar surface area (TPSA) is 72.5 Å². The maximum atomic E-state index is 10.6. The van der Waals surface area contributed by atoms with Crippen LogP contribution in [0.1, 0.15) is 42.0 Å². The average Bonchev–Trinajstić information content (AvgIpc) is 2.81. The van der Waals surface area contributed by atoms with Crippen molar-refractivity contribution in [1.82, 2.24) is 0 Å². The summed E-state index contributed by atoms with van der Waals surface area (Å²) in [6.45, 7) is 0. The Kier molecular flexibility index (Phi) is 3.87. The van der Waals surface area contributed by atoms with E-state index in [1.165, 1.54) is 17.5 Å². The summed E-state index contributed by atoms with van der Waals surface area (Å²) in [5.74, 6) is -0.0286. The van der Waals surface area contributed by atoms with E-state index in [0.717, 1.165) is 24.2 Å². The third-order valence-electron chi connectivity index (χ3n) is 3.51. The van der Waals surface area contributed by atoms with Crippen molar-refractivity contribution >= 4 is 5.97 Å². The van der Waals surface area contributed by atoms with Gasteiger partial charge in [0.15, 0.2) is 0 Å². The minimum atomic E-state index is -0.814. The highest BCUT2D eigenvalue weighted by molar-refractivity contribution is 5.66. The summed E-state index contributed by atoms with van der Waals surface area (Å²) < 4.78 is 5.37. The predicted octanol–water partition coefficient (Wildman–Crippen LogP) is 2.05. The first-order valence-electron chi connectivity index (χ1n) is 6.29. The molecular weight excluding hydrogens is 230 g/mol. The first-order valence-corrected chi connectivity index (χ1v) is 6.29. The van der Waals surface area contributed by atoms with Gasteiger partial charge >= 0.3 is 5.97 Å². The molecule has 3 N–H and O–H groups in total. The lowest BCUT2D eigenvalue weighted by Gasteiger charge is -2.17. The van der Waals surface area contributed by atoms with Gasteiger partial charge in [-0.3, -0.25) is 4.79 Å². The molecule has 1 aliphatic rings. The number of ether oxygens (including phenoxy) is 1. The maximum absolute atomic E-state index is 10.6. The Morgan fingerprint density at radius 2 is 2.11 bits per heavy atom. The average molecular weight is 249 g/mol. The van der Waals surface area contributed by atoms with E-state index in [0.29, 0.717) is 6.42 Å². The van der Waals surface area contributed by atoms with Gasteiger partial charge in [-0.25, -0.2) is 0 Å². The van der Waals surface area contributed by atoms with Crippen LogP contribution in [0.5, 0.6) is 5.75 Å². The molecular formula is C14H19NO3. The van der Waals surface area contributed by atoms with Crippen molar-refractivity contribution < 1.29 is 14.6 Å². The second-order valence-electron chi connectivity index (χ2n) is 4.76. The molecule has 18 heavy (non-hydrogen) atoms. The Morgan fingerprint density at radius 3 is 2.72 bits per heavy atom. The molecule has 1 aromatic carbocycles. The van der Waals surface area contributed by atoms with E-state index in [1.807, 2.05) is 0 Å². The highest BCUT2D eigenvalue weighted by Gasteiger charge is 2.19.